The molecule has 2 saturated heterocycles. The number of carbonyl (C=O) groups excluding carboxylic acids is 3. The van der Waals surface area contributed by atoms with Crippen LogP contribution in [-0.4, -0.2) is 40.8 Å². The van der Waals surface area contributed by atoms with Gasteiger partial charge in [0.2, 0.25) is 0 Å². The summed E-state index contributed by atoms with van der Waals surface area (Å²) in [6, 6.07) is 18.8. The first kappa shape index (κ1) is 26.0. The van der Waals surface area contributed by atoms with Crippen LogP contribution in [0.5, 0.6) is 0 Å². The second kappa shape index (κ2) is 10.7. The van der Waals surface area contributed by atoms with Crippen LogP contribution < -0.4 is 21.3 Å². The van der Waals surface area contributed by atoms with Gasteiger partial charge in [0.1, 0.15) is 5.70 Å². The van der Waals surface area contributed by atoms with Gasteiger partial charge in [-0.2, -0.15) is 0 Å². The monoisotopic (exact) mass is 550 g/mol. The minimum atomic E-state index is -0.572. The molecule has 41 heavy (non-hydrogen) atoms. The third-order valence-electron chi connectivity index (χ3n) is 7.27. The molecule has 0 aliphatic carbocycles. The zero-order valence-electron chi connectivity index (χ0n) is 21.9. The third-order valence-corrected chi connectivity index (χ3v) is 7.27. The van der Waals surface area contributed by atoms with E-state index in [1.165, 1.54) is 31.0 Å². The Bertz CT molecular complexity index is 1640. The van der Waals surface area contributed by atoms with Crippen LogP contribution >= 0.6 is 0 Å². The number of nitrogens with one attached hydrogen (secondary N) is 4. The van der Waals surface area contributed by atoms with Crippen molar-refractivity contribution in [1.29, 1.82) is 0 Å². The number of fused-ring (bicyclic) bond motifs is 1. The van der Waals surface area contributed by atoms with E-state index in [2.05, 4.69) is 26.2 Å². The van der Waals surface area contributed by atoms with Crippen LogP contribution in [0.4, 0.5) is 21.9 Å². The number of benzene rings is 3. The maximum atomic E-state index is 13.3. The van der Waals surface area contributed by atoms with Crippen LogP contribution in [0.2, 0.25) is 0 Å². The molecule has 0 saturated carbocycles. The molecule has 3 aliphatic rings. The number of rotatable bonds is 7. The van der Waals surface area contributed by atoms with Gasteiger partial charge in [-0.05, 0) is 66.9 Å². The molecule has 6 rings (SSSR count). The molecule has 3 aromatic rings. The van der Waals surface area contributed by atoms with E-state index in [1.54, 1.807) is 30.3 Å². The van der Waals surface area contributed by atoms with Gasteiger partial charge in [-0.25, -0.2) is 4.79 Å². The molecule has 2 fully saturated rings. The molecule has 0 spiro atoms. The van der Waals surface area contributed by atoms with Crippen LogP contribution in [-0.2, 0) is 16.1 Å². The van der Waals surface area contributed by atoms with Crippen LogP contribution in [0.3, 0.4) is 0 Å². The van der Waals surface area contributed by atoms with Crippen LogP contribution in [0.1, 0.15) is 35.1 Å². The van der Waals surface area contributed by atoms with Gasteiger partial charge in [0, 0.05) is 35.6 Å². The number of amides is 4. The Morgan fingerprint density at radius 2 is 1.63 bits per heavy atom. The molecule has 3 aliphatic heterocycles. The minimum Gasteiger partial charge on any atom is -0.354 e. The van der Waals surface area contributed by atoms with Gasteiger partial charge in [0.05, 0.1) is 16.2 Å². The van der Waals surface area contributed by atoms with Crippen molar-refractivity contribution in [3.8, 4) is 0 Å². The van der Waals surface area contributed by atoms with Gasteiger partial charge in [0.25, 0.3) is 17.5 Å². The van der Waals surface area contributed by atoms with Crippen molar-refractivity contribution < 1.29 is 19.3 Å². The molecule has 0 aromatic heterocycles. The number of urea groups is 1. The number of hydrogen-bond acceptors (Lipinski definition) is 7. The van der Waals surface area contributed by atoms with Crippen molar-refractivity contribution in [2.45, 2.75) is 19.4 Å². The van der Waals surface area contributed by atoms with Crippen molar-refractivity contribution in [2.75, 3.05) is 23.7 Å². The second-order valence-electron chi connectivity index (χ2n) is 10.1. The highest BCUT2D eigenvalue weighted by Crippen LogP contribution is 2.39. The summed E-state index contributed by atoms with van der Waals surface area (Å²) < 4.78 is 0. The average Bonchev–Trinajstić information content (AvgIpc) is 3.67. The van der Waals surface area contributed by atoms with Crippen LogP contribution in [0, 0.1) is 10.1 Å². The summed E-state index contributed by atoms with van der Waals surface area (Å²) in [5, 5.41) is 22.3. The SMILES string of the molecule is O=C1NC(=O)C(=Cc2ccc(NC(=C3C(=O)Nc4ccc([N+](=O)[O-])cc43)c3ccc(CN4CCCC4)cc3)cc2)N1. The Morgan fingerprint density at radius 3 is 2.29 bits per heavy atom. The number of carbonyl (C=O) groups is 3. The largest absolute Gasteiger partial charge is 0.354 e. The number of anilines is 2. The maximum Gasteiger partial charge on any atom is 0.326 e. The molecule has 4 N–H and O–H groups in total. The maximum absolute atomic E-state index is 13.3. The zero-order valence-corrected chi connectivity index (χ0v) is 21.9. The lowest BCUT2D eigenvalue weighted by Gasteiger charge is -2.17. The van der Waals surface area contributed by atoms with Gasteiger partial charge >= 0.3 is 6.03 Å². The van der Waals surface area contributed by atoms with Crippen molar-refractivity contribution in [3.63, 3.8) is 0 Å². The normalized spacial score (nSPS) is 18.6. The van der Waals surface area contributed by atoms with E-state index in [0.29, 0.717) is 33.8 Å². The predicted molar refractivity (Wildman–Crippen MR) is 154 cm³/mol. The molecular weight excluding hydrogens is 524 g/mol. The van der Waals surface area contributed by atoms with E-state index < -0.39 is 16.9 Å². The van der Waals surface area contributed by atoms with Crippen molar-refractivity contribution >= 4 is 52.3 Å². The summed E-state index contributed by atoms with van der Waals surface area (Å²) in [4.78, 5) is 49.9. The Morgan fingerprint density at radius 1 is 0.902 bits per heavy atom. The van der Waals surface area contributed by atoms with Crippen molar-refractivity contribution in [1.82, 2.24) is 15.5 Å². The fraction of sp³-hybridized carbons (Fsp3) is 0.167. The topological polar surface area (TPSA) is 146 Å². The number of imide groups is 1. The highest BCUT2D eigenvalue weighted by atomic mass is 16.6. The van der Waals surface area contributed by atoms with Crippen molar-refractivity contribution in [2.24, 2.45) is 0 Å². The fourth-order valence-corrected chi connectivity index (χ4v) is 5.23. The predicted octanol–water partition coefficient (Wildman–Crippen LogP) is 4.30. The molecule has 0 bridgehead atoms. The lowest BCUT2D eigenvalue weighted by atomic mass is 9.98. The molecule has 11 nitrogen and oxygen atoms in total. The average molecular weight is 551 g/mol. The Labute approximate surface area is 235 Å². The Balaban J connectivity index is 1.37. The zero-order chi connectivity index (χ0) is 28.5. The highest BCUT2D eigenvalue weighted by molar-refractivity contribution is 6.37. The highest BCUT2D eigenvalue weighted by Gasteiger charge is 2.30. The number of nitro benzene ring substituents is 1. The third kappa shape index (κ3) is 5.43. The minimum absolute atomic E-state index is 0.113. The smallest absolute Gasteiger partial charge is 0.326 e. The van der Waals surface area contributed by atoms with E-state index in [1.807, 2.05) is 24.3 Å². The number of nitrogens with zero attached hydrogens (tertiary/aromatic N) is 2. The van der Waals surface area contributed by atoms with Gasteiger partial charge in [-0.15, -0.1) is 0 Å². The quantitative estimate of drug-likeness (QED) is 0.148. The summed E-state index contributed by atoms with van der Waals surface area (Å²) >= 11 is 0. The number of likely N-dealkylation sites (tertiary alicyclic amines) is 1. The molecule has 0 unspecified atom stereocenters. The van der Waals surface area contributed by atoms with Gasteiger partial charge in [-0.1, -0.05) is 36.4 Å². The van der Waals surface area contributed by atoms with Gasteiger partial charge < -0.3 is 16.0 Å². The standard InChI is InChI=1S/C30H26N6O5/c37-28-25(33-30(39)34-28)15-18-5-9-21(10-6-18)31-27(20-7-3-19(4-8-20)17-35-13-1-2-14-35)26-23-16-22(36(40)41)11-12-24(23)32-29(26)38/h3-12,15-16,31H,1-2,13-14,17H2,(H,32,38)(H2,33,34,37,39). The number of non-ortho nitro benzene ring substituents is 1. The summed E-state index contributed by atoms with van der Waals surface area (Å²) in [5.41, 5.74) is 5.02. The first-order valence-corrected chi connectivity index (χ1v) is 13.2. The lowest BCUT2D eigenvalue weighted by Crippen LogP contribution is -2.22. The number of hydrogen-bond donors (Lipinski definition) is 4. The second-order valence-corrected chi connectivity index (χ2v) is 10.1. The van der Waals surface area contributed by atoms with Gasteiger partial charge in [0.15, 0.2) is 0 Å². The van der Waals surface area contributed by atoms with E-state index in [-0.39, 0.29) is 17.3 Å². The molecule has 0 atom stereocenters. The molecule has 206 valence electrons. The first-order valence-electron chi connectivity index (χ1n) is 13.2. The van der Waals surface area contributed by atoms with E-state index >= 15 is 0 Å². The van der Waals surface area contributed by atoms with Crippen LogP contribution in [0.25, 0.3) is 17.3 Å². The summed E-state index contributed by atoms with van der Waals surface area (Å²) in [5.74, 6) is -0.870. The number of nitro groups is 1. The van der Waals surface area contributed by atoms with E-state index in [4.69, 9.17) is 0 Å². The lowest BCUT2D eigenvalue weighted by molar-refractivity contribution is -0.384. The van der Waals surface area contributed by atoms with Gasteiger partial charge in [-0.3, -0.25) is 29.9 Å². The van der Waals surface area contributed by atoms with E-state index in [9.17, 15) is 24.5 Å². The molecule has 11 heteroatoms. The van der Waals surface area contributed by atoms with Crippen LogP contribution in [0.15, 0.2) is 72.4 Å². The molecule has 0 radical (unpaired) electrons. The summed E-state index contributed by atoms with van der Waals surface area (Å²) in [6.45, 7) is 3.01. The van der Waals surface area contributed by atoms with Crippen molar-refractivity contribution in [3.05, 3.63) is 105 Å². The Hall–Kier alpha value is -5.29. The molecule has 3 heterocycles. The Kier molecular flexibility index (Phi) is 6.78. The molecular formula is C30H26N6O5. The summed E-state index contributed by atoms with van der Waals surface area (Å²) in [6.07, 6.45) is 3.97. The first-order chi connectivity index (χ1) is 19.8. The van der Waals surface area contributed by atoms with E-state index in [0.717, 1.165) is 30.8 Å². The fourth-order valence-electron chi connectivity index (χ4n) is 5.23. The summed E-state index contributed by atoms with van der Waals surface area (Å²) in [7, 11) is 0. The molecule has 3 aromatic carbocycles. The molecule has 4 amide bonds.